The van der Waals surface area contributed by atoms with Gasteiger partial charge in [-0.2, -0.15) is 0 Å². The van der Waals surface area contributed by atoms with E-state index in [-0.39, 0.29) is 5.82 Å². The van der Waals surface area contributed by atoms with Crippen molar-refractivity contribution in [3.05, 3.63) is 65.0 Å². The summed E-state index contributed by atoms with van der Waals surface area (Å²) >= 11 is 0. The van der Waals surface area contributed by atoms with E-state index in [2.05, 4.69) is 12.1 Å². The number of methoxy groups -OCH3 is 1. The van der Waals surface area contributed by atoms with Crippen molar-refractivity contribution < 1.29 is 9.13 Å². The van der Waals surface area contributed by atoms with Crippen LogP contribution in [-0.4, -0.2) is 7.11 Å². The van der Waals surface area contributed by atoms with Crippen LogP contribution in [0.15, 0.2) is 42.5 Å². The van der Waals surface area contributed by atoms with Crippen LogP contribution in [0.5, 0.6) is 5.75 Å². The van der Waals surface area contributed by atoms with E-state index >= 15 is 0 Å². The lowest BCUT2D eigenvalue weighted by Crippen LogP contribution is -2.38. The Morgan fingerprint density at radius 3 is 2.71 bits per heavy atom. The van der Waals surface area contributed by atoms with Crippen molar-refractivity contribution in [1.29, 1.82) is 0 Å². The predicted octanol–water partition coefficient (Wildman–Crippen LogP) is 3.76. The number of fused-ring (bicyclic) bond motifs is 1. The van der Waals surface area contributed by atoms with Gasteiger partial charge in [-0.15, -0.1) is 0 Å². The van der Waals surface area contributed by atoms with Gasteiger partial charge in [0.05, 0.1) is 12.6 Å². The molecule has 0 saturated heterocycles. The third kappa shape index (κ3) is 2.42. The first-order valence-corrected chi connectivity index (χ1v) is 7.36. The summed E-state index contributed by atoms with van der Waals surface area (Å²) in [5, 5.41) is 0. The van der Waals surface area contributed by atoms with Crippen molar-refractivity contribution in [2.45, 2.75) is 31.2 Å². The van der Waals surface area contributed by atoms with Gasteiger partial charge < -0.3 is 10.5 Å². The van der Waals surface area contributed by atoms with Crippen LogP contribution in [0.25, 0.3) is 0 Å². The Kier molecular flexibility index (Phi) is 3.68. The highest BCUT2D eigenvalue weighted by molar-refractivity contribution is 5.49. The van der Waals surface area contributed by atoms with Gasteiger partial charge >= 0.3 is 0 Å². The van der Waals surface area contributed by atoms with E-state index < -0.39 is 5.54 Å². The average Bonchev–Trinajstić information content (AvgIpc) is 2.68. The van der Waals surface area contributed by atoms with Crippen molar-refractivity contribution in [3.8, 4) is 5.75 Å². The van der Waals surface area contributed by atoms with Gasteiger partial charge in [0.1, 0.15) is 11.6 Å². The molecule has 0 amide bonds. The second-order valence-electron chi connectivity index (χ2n) is 5.68. The molecule has 2 nitrogen and oxygen atoms in total. The number of nitrogens with two attached hydrogens (primary N) is 1. The maximum atomic E-state index is 13.8. The standard InChI is InChI=1S/C18H20FNO/c1-21-17-10-9-14(19)12-16(17)18(20)11-5-4-7-13-6-2-3-8-15(13)18/h2-3,6,8-10,12H,4-5,7,11,20H2,1H3. The first-order valence-electron chi connectivity index (χ1n) is 7.36. The zero-order valence-electron chi connectivity index (χ0n) is 12.2. The lowest BCUT2D eigenvalue weighted by atomic mass is 9.79. The fraction of sp³-hybridized carbons (Fsp3) is 0.333. The molecule has 0 bridgehead atoms. The molecule has 2 aromatic carbocycles. The molecule has 3 rings (SSSR count). The van der Waals surface area contributed by atoms with Crippen LogP contribution >= 0.6 is 0 Å². The zero-order valence-corrected chi connectivity index (χ0v) is 12.2. The number of hydrogen-bond acceptors (Lipinski definition) is 2. The van der Waals surface area contributed by atoms with E-state index in [0.717, 1.165) is 36.8 Å². The van der Waals surface area contributed by atoms with Gasteiger partial charge in [-0.05, 0) is 48.6 Å². The highest BCUT2D eigenvalue weighted by Crippen LogP contribution is 2.41. The number of aryl methyl sites for hydroxylation is 1. The highest BCUT2D eigenvalue weighted by Gasteiger charge is 2.35. The topological polar surface area (TPSA) is 35.2 Å². The van der Waals surface area contributed by atoms with E-state index in [4.69, 9.17) is 10.5 Å². The van der Waals surface area contributed by atoms with Gasteiger partial charge in [0, 0.05) is 5.56 Å². The molecule has 110 valence electrons. The number of hydrogen-bond donors (Lipinski definition) is 1. The largest absolute Gasteiger partial charge is 0.496 e. The molecule has 0 saturated carbocycles. The van der Waals surface area contributed by atoms with Gasteiger partial charge in [-0.25, -0.2) is 4.39 Å². The summed E-state index contributed by atoms with van der Waals surface area (Å²) in [6.45, 7) is 0. The summed E-state index contributed by atoms with van der Waals surface area (Å²) in [5.41, 5.74) is 9.17. The Bertz CT molecular complexity index is 655. The third-order valence-corrected chi connectivity index (χ3v) is 4.41. The van der Waals surface area contributed by atoms with Crippen LogP contribution in [0.4, 0.5) is 4.39 Å². The SMILES string of the molecule is COc1ccc(F)cc1C1(N)CCCCc2ccccc21. The zero-order chi connectivity index (χ0) is 14.9. The molecule has 0 spiro atoms. The maximum Gasteiger partial charge on any atom is 0.124 e. The fourth-order valence-electron chi connectivity index (χ4n) is 3.34. The smallest absolute Gasteiger partial charge is 0.124 e. The molecule has 0 aromatic heterocycles. The number of ether oxygens (including phenoxy) is 1. The van der Waals surface area contributed by atoms with Gasteiger partial charge in [-0.3, -0.25) is 0 Å². The molecule has 0 radical (unpaired) electrons. The van der Waals surface area contributed by atoms with Crippen molar-refractivity contribution in [1.82, 2.24) is 0 Å². The van der Waals surface area contributed by atoms with Crippen molar-refractivity contribution in [2.75, 3.05) is 7.11 Å². The second-order valence-corrected chi connectivity index (χ2v) is 5.68. The summed E-state index contributed by atoms with van der Waals surface area (Å²) in [4.78, 5) is 0. The predicted molar refractivity (Wildman–Crippen MR) is 81.9 cm³/mol. The van der Waals surface area contributed by atoms with Gasteiger partial charge in [0.2, 0.25) is 0 Å². The Morgan fingerprint density at radius 2 is 1.90 bits per heavy atom. The van der Waals surface area contributed by atoms with Crippen LogP contribution in [0.2, 0.25) is 0 Å². The molecule has 0 aliphatic heterocycles. The second kappa shape index (κ2) is 5.49. The van der Waals surface area contributed by atoms with E-state index in [1.165, 1.54) is 17.7 Å². The fourth-order valence-corrected chi connectivity index (χ4v) is 3.34. The molecule has 1 aliphatic rings. The Balaban J connectivity index is 2.22. The van der Waals surface area contributed by atoms with Crippen LogP contribution in [-0.2, 0) is 12.0 Å². The molecular formula is C18H20FNO. The van der Waals surface area contributed by atoms with Crippen molar-refractivity contribution >= 4 is 0 Å². The molecule has 2 N–H and O–H groups in total. The molecule has 2 aromatic rings. The van der Waals surface area contributed by atoms with Gasteiger partial charge in [0.25, 0.3) is 0 Å². The van der Waals surface area contributed by atoms with Crippen LogP contribution in [0, 0.1) is 5.82 Å². The maximum absolute atomic E-state index is 13.8. The third-order valence-electron chi connectivity index (χ3n) is 4.41. The van der Waals surface area contributed by atoms with Gasteiger partial charge in [0.15, 0.2) is 0 Å². The minimum Gasteiger partial charge on any atom is -0.496 e. The van der Waals surface area contributed by atoms with Crippen molar-refractivity contribution in [2.24, 2.45) is 5.73 Å². The van der Waals surface area contributed by atoms with E-state index in [1.54, 1.807) is 13.2 Å². The summed E-state index contributed by atoms with van der Waals surface area (Å²) < 4.78 is 19.2. The van der Waals surface area contributed by atoms with Crippen LogP contribution < -0.4 is 10.5 Å². The number of rotatable bonds is 2. The lowest BCUT2D eigenvalue weighted by molar-refractivity contribution is 0.384. The molecule has 0 fully saturated rings. The molecule has 1 unspecified atom stereocenters. The molecule has 21 heavy (non-hydrogen) atoms. The Morgan fingerprint density at radius 1 is 1.10 bits per heavy atom. The molecule has 0 heterocycles. The molecule has 1 aliphatic carbocycles. The van der Waals surface area contributed by atoms with E-state index in [0.29, 0.717) is 5.75 Å². The molecular weight excluding hydrogens is 265 g/mol. The Hall–Kier alpha value is -1.87. The number of benzene rings is 2. The van der Waals surface area contributed by atoms with Crippen molar-refractivity contribution in [3.63, 3.8) is 0 Å². The normalized spacial score (nSPS) is 21.5. The average molecular weight is 285 g/mol. The first kappa shape index (κ1) is 14.1. The summed E-state index contributed by atoms with van der Waals surface area (Å²) in [6, 6.07) is 12.8. The monoisotopic (exact) mass is 285 g/mol. The molecule has 1 atom stereocenters. The van der Waals surface area contributed by atoms with E-state index in [1.807, 2.05) is 12.1 Å². The number of halogens is 1. The first-order chi connectivity index (χ1) is 10.1. The summed E-state index contributed by atoms with van der Waals surface area (Å²) in [6.07, 6.45) is 3.94. The van der Waals surface area contributed by atoms with Crippen LogP contribution in [0.1, 0.15) is 36.0 Å². The summed E-state index contributed by atoms with van der Waals surface area (Å²) in [7, 11) is 1.60. The van der Waals surface area contributed by atoms with Crippen LogP contribution in [0.3, 0.4) is 0 Å². The van der Waals surface area contributed by atoms with Gasteiger partial charge in [-0.1, -0.05) is 30.7 Å². The van der Waals surface area contributed by atoms with E-state index in [9.17, 15) is 4.39 Å². The Labute approximate surface area is 124 Å². The highest BCUT2D eigenvalue weighted by atomic mass is 19.1. The minimum absolute atomic E-state index is 0.280. The lowest BCUT2D eigenvalue weighted by Gasteiger charge is -2.32. The molecule has 3 heteroatoms. The summed E-state index contributed by atoms with van der Waals surface area (Å²) in [5.74, 6) is 0.368. The quantitative estimate of drug-likeness (QED) is 0.853. The minimum atomic E-state index is -0.694.